The van der Waals surface area contributed by atoms with E-state index in [2.05, 4.69) is 10.2 Å². The lowest BCUT2D eigenvalue weighted by Gasteiger charge is -2.08. The molecule has 0 aliphatic heterocycles. The number of Topliss-reactive ketones (excluding diaryl/α,β-unsaturated/α-hetero) is 1. The van der Waals surface area contributed by atoms with Gasteiger partial charge in [-0.3, -0.25) is 4.79 Å². The Balaban J connectivity index is 0.000000921. The molecule has 0 aliphatic carbocycles. The summed E-state index contributed by atoms with van der Waals surface area (Å²) in [4.78, 5) is 25.3. The quantitative estimate of drug-likeness (QED) is 0.565. The van der Waals surface area contributed by atoms with Crippen LogP contribution in [-0.2, 0) is 9.63 Å². The van der Waals surface area contributed by atoms with Crippen molar-refractivity contribution in [2.24, 2.45) is 5.34 Å². The molecule has 0 heterocycles. The Morgan fingerprint density at radius 2 is 1.80 bits per heavy atom. The van der Waals surface area contributed by atoms with E-state index in [0.29, 0.717) is 5.56 Å². The largest absolute Gasteiger partial charge is 0.348 e. The average molecular weight is 209 g/mol. The van der Waals surface area contributed by atoms with E-state index >= 15 is 0 Å². The third-order valence-electron chi connectivity index (χ3n) is 1.62. The van der Waals surface area contributed by atoms with Crippen LogP contribution < -0.4 is 0 Å². The van der Waals surface area contributed by atoms with Crippen molar-refractivity contribution in [3.63, 3.8) is 0 Å². The standard InChI is InChI=1S/C9H9NO3.C2H6/c1-7(11)9(13-10-12)8-5-3-2-4-6-8;1-2/h2-6,9H,1H3;1-2H3. The minimum atomic E-state index is -0.876. The molecule has 0 aliphatic rings. The van der Waals surface area contributed by atoms with Gasteiger partial charge >= 0.3 is 0 Å². The van der Waals surface area contributed by atoms with Gasteiger partial charge in [-0.2, -0.15) is 0 Å². The van der Waals surface area contributed by atoms with Gasteiger partial charge in [0.05, 0.1) is 0 Å². The Hall–Kier alpha value is -1.71. The predicted octanol–water partition coefficient (Wildman–Crippen LogP) is 3.04. The molecule has 82 valence electrons. The summed E-state index contributed by atoms with van der Waals surface area (Å²) in [5, 5.41) is 2.26. The van der Waals surface area contributed by atoms with Crippen LogP contribution >= 0.6 is 0 Å². The second kappa shape index (κ2) is 7.67. The maximum absolute atomic E-state index is 11.0. The number of rotatable bonds is 4. The van der Waals surface area contributed by atoms with Gasteiger partial charge in [-0.1, -0.05) is 44.2 Å². The van der Waals surface area contributed by atoms with Crippen LogP contribution in [0.5, 0.6) is 0 Å². The van der Waals surface area contributed by atoms with Crippen molar-refractivity contribution in [3.8, 4) is 0 Å². The molecule has 0 spiro atoms. The van der Waals surface area contributed by atoms with Gasteiger partial charge in [0, 0.05) is 5.56 Å². The summed E-state index contributed by atoms with van der Waals surface area (Å²) >= 11 is 0. The summed E-state index contributed by atoms with van der Waals surface area (Å²) in [7, 11) is 0. The van der Waals surface area contributed by atoms with Gasteiger partial charge in [0.1, 0.15) is 0 Å². The fourth-order valence-electron chi connectivity index (χ4n) is 1.04. The summed E-state index contributed by atoms with van der Waals surface area (Å²) in [5.74, 6) is -0.245. The Morgan fingerprint density at radius 1 is 1.27 bits per heavy atom. The van der Waals surface area contributed by atoms with Crippen LogP contribution in [0, 0.1) is 4.91 Å². The second-order valence-corrected chi connectivity index (χ2v) is 2.58. The number of benzene rings is 1. The Kier molecular flexibility index (Phi) is 6.80. The first-order valence-electron chi connectivity index (χ1n) is 4.79. The van der Waals surface area contributed by atoms with Gasteiger partial charge in [0.15, 0.2) is 11.1 Å². The van der Waals surface area contributed by atoms with Crippen molar-refractivity contribution >= 4 is 5.78 Å². The van der Waals surface area contributed by atoms with E-state index < -0.39 is 6.10 Å². The molecule has 1 atom stereocenters. The molecule has 0 amide bonds. The van der Waals surface area contributed by atoms with Crippen LogP contribution in [0.2, 0.25) is 0 Å². The van der Waals surface area contributed by atoms with Gasteiger partial charge in [-0.05, 0) is 6.92 Å². The Morgan fingerprint density at radius 3 is 2.20 bits per heavy atom. The molecular weight excluding hydrogens is 194 g/mol. The lowest BCUT2D eigenvalue weighted by atomic mass is 10.1. The fourth-order valence-corrected chi connectivity index (χ4v) is 1.04. The molecule has 1 rings (SSSR count). The van der Waals surface area contributed by atoms with Crippen molar-refractivity contribution in [2.75, 3.05) is 0 Å². The highest BCUT2D eigenvalue weighted by Crippen LogP contribution is 2.17. The SMILES string of the molecule is CC.CC(=O)C(ON=O)c1ccccc1. The van der Waals surface area contributed by atoms with Gasteiger partial charge < -0.3 is 4.84 Å². The Labute approximate surface area is 89.2 Å². The molecule has 1 aromatic carbocycles. The van der Waals surface area contributed by atoms with Crippen molar-refractivity contribution in [1.29, 1.82) is 0 Å². The number of carbonyl (C=O) groups is 1. The van der Waals surface area contributed by atoms with E-state index in [4.69, 9.17) is 0 Å². The van der Waals surface area contributed by atoms with Crippen molar-refractivity contribution < 1.29 is 9.63 Å². The lowest BCUT2D eigenvalue weighted by Crippen LogP contribution is -2.09. The van der Waals surface area contributed by atoms with Crippen LogP contribution in [0.1, 0.15) is 32.4 Å². The summed E-state index contributed by atoms with van der Waals surface area (Å²) in [6.45, 7) is 5.35. The average Bonchev–Trinajstić information content (AvgIpc) is 2.29. The predicted molar refractivity (Wildman–Crippen MR) is 58.1 cm³/mol. The third kappa shape index (κ3) is 4.35. The maximum Gasteiger partial charge on any atom is 0.213 e. The van der Waals surface area contributed by atoms with E-state index in [0.717, 1.165) is 0 Å². The van der Waals surface area contributed by atoms with E-state index in [1.54, 1.807) is 24.3 Å². The molecule has 0 fully saturated rings. The molecule has 1 unspecified atom stereocenters. The molecule has 4 heteroatoms. The highest BCUT2D eigenvalue weighted by Gasteiger charge is 2.18. The van der Waals surface area contributed by atoms with Crippen LogP contribution in [0.25, 0.3) is 0 Å². The van der Waals surface area contributed by atoms with Gasteiger partial charge in [-0.15, -0.1) is 4.91 Å². The third-order valence-corrected chi connectivity index (χ3v) is 1.62. The zero-order valence-electron chi connectivity index (χ0n) is 9.14. The number of hydrogen-bond donors (Lipinski definition) is 0. The zero-order chi connectivity index (χ0) is 11.7. The van der Waals surface area contributed by atoms with Gasteiger partial charge in [0.25, 0.3) is 0 Å². The zero-order valence-corrected chi connectivity index (χ0v) is 9.14. The fraction of sp³-hybridized carbons (Fsp3) is 0.364. The van der Waals surface area contributed by atoms with Crippen molar-refractivity contribution in [2.45, 2.75) is 26.9 Å². The number of hydrogen-bond acceptors (Lipinski definition) is 4. The van der Waals surface area contributed by atoms with Crippen molar-refractivity contribution in [1.82, 2.24) is 0 Å². The molecule has 0 saturated carbocycles. The van der Waals surface area contributed by atoms with Crippen LogP contribution in [0.3, 0.4) is 0 Å². The van der Waals surface area contributed by atoms with Crippen LogP contribution in [0.4, 0.5) is 0 Å². The first kappa shape index (κ1) is 13.3. The minimum Gasteiger partial charge on any atom is -0.348 e. The van der Waals surface area contributed by atoms with Gasteiger partial charge in [0.2, 0.25) is 6.10 Å². The summed E-state index contributed by atoms with van der Waals surface area (Å²) in [6.07, 6.45) is -0.876. The molecule has 0 radical (unpaired) electrons. The number of ketones is 1. The van der Waals surface area contributed by atoms with Crippen LogP contribution in [-0.4, -0.2) is 5.78 Å². The smallest absolute Gasteiger partial charge is 0.213 e. The topological polar surface area (TPSA) is 55.7 Å². The van der Waals surface area contributed by atoms with Crippen molar-refractivity contribution in [3.05, 3.63) is 40.8 Å². The molecule has 15 heavy (non-hydrogen) atoms. The van der Waals surface area contributed by atoms with E-state index in [-0.39, 0.29) is 5.78 Å². The first-order valence-corrected chi connectivity index (χ1v) is 4.79. The second-order valence-electron chi connectivity index (χ2n) is 2.58. The maximum atomic E-state index is 11.0. The number of carbonyl (C=O) groups excluding carboxylic acids is 1. The van der Waals surface area contributed by atoms with Gasteiger partial charge in [-0.25, -0.2) is 0 Å². The minimum absolute atomic E-state index is 0.245. The normalized spacial score (nSPS) is 10.6. The highest BCUT2D eigenvalue weighted by molar-refractivity contribution is 5.81. The first-order chi connectivity index (χ1) is 7.25. The van der Waals surface area contributed by atoms with E-state index in [1.807, 2.05) is 19.9 Å². The molecule has 1 aromatic rings. The van der Waals surface area contributed by atoms with E-state index in [1.165, 1.54) is 6.92 Å². The monoisotopic (exact) mass is 209 g/mol. The molecule has 4 nitrogen and oxygen atoms in total. The highest BCUT2D eigenvalue weighted by atomic mass is 16.7. The summed E-state index contributed by atoms with van der Waals surface area (Å²) in [5.41, 5.74) is 0.634. The van der Waals surface area contributed by atoms with Crippen LogP contribution in [0.15, 0.2) is 35.7 Å². The molecule has 0 saturated heterocycles. The Bertz CT molecular complexity index is 298. The molecule has 0 aromatic heterocycles. The lowest BCUT2D eigenvalue weighted by molar-refractivity contribution is -0.128. The summed E-state index contributed by atoms with van der Waals surface area (Å²) < 4.78 is 0. The van der Waals surface area contributed by atoms with E-state index in [9.17, 15) is 9.70 Å². The molecule has 0 bridgehead atoms. The molecule has 0 N–H and O–H groups in total. The molecular formula is C11H15NO3. The number of nitrogens with zero attached hydrogens (tertiary/aromatic N) is 1. The summed E-state index contributed by atoms with van der Waals surface area (Å²) in [6, 6.07) is 8.75.